The summed E-state index contributed by atoms with van der Waals surface area (Å²) in [4.78, 5) is 43.8. The average molecular weight is 469 g/mol. The number of carbonyl (C=O) groups excluding carboxylic acids is 3. The van der Waals surface area contributed by atoms with Crippen LogP contribution in [0.2, 0.25) is 5.02 Å². The van der Waals surface area contributed by atoms with Crippen LogP contribution >= 0.6 is 11.6 Å². The minimum atomic E-state index is -0.307. The summed E-state index contributed by atoms with van der Waals surface area (Å²) >= 11 is 6.10. The van der Waals surface area contributed by atoms with Crippen LogP contribution < -0.4 is 5.32 Å². The third kappa shape index (κ3) is 5.54. The lowest BCUT2D eigenvalue weighted by Gasteiger charge is -2.35. The van der Waals surface area contributed by atoms with E-state index in [0.717, 1.165) is 5.56 Å². The number of carbonyl (C=O) groups is 3. The van der Waals surface area contributed by atoms with Crippen molar-refractivity contribution in [3.05, 3.63) is 65.2 Å². The summed E-state index contributed by atoms with van der Waals surface area (Å²) in [6.45, 7) is 5.05. The van der Waals surface area contributed by atoms with Gasteiger partial charge in [-0.15, -0.1) is 0 Å². The molecule has 2 aliphatic heterocycles. The molecule has 4 rings (SSSR count). The van der Waals surface area contributed by atoms with E-state index in [-0.39, 0.29) is 42.6 Å². The molecule has 174 valence electrons. The lowest BCUT2D eigenvalue weighted by atomic mass is 10.1. The molecule has 3 amide bonds. The van der Waals surface area contributed by atoms with Crippen molar-refractivity contribution in [2.24, 2.45) is 5.92 Å². The third-order valence-electron chi connectivity index (χ3n) is 6.46. The molecule has 2 saturated heterocycles. The molecule has 0 unspecified atom stereocenters. The first-order valence-corrected chi connectivity index (χ1v) is 11.7. The van der Waals surface area contributed by atoms with E-state index in [4.69, 9.17) is 11.6 Å². The molecule has 0 radical (unpaired) electrons. The number of piperazine rings is 1. The molecule has 0 spiro atoms. The second kappa shape index (κ2) is 10.4. The van der Waals surface area contributed by atoms with Crippen LogP contribution in [0.25, 0.3) is 0 Å². The summed E-state index contributed by atoms with van der Waals surface area (Å²) < 4.78 is 0. The smallest absolute Gasteiger partial charge is 0.238 e. The van der Waals surface area contributed by atoms with E-state index in [0.29, 0.717) is 43.4 Å². The predicted molar refractivity (Wildman–Crippen MR) is 128 cm³/mol. The molecule has 0 aromatic heterocycles. The molecule has 33 heavy (non-hydrogen) atoms. The minimum absolute atomic E-state index is 0.0274. The number of nitrogens with one attached hydrogen (secondary N) is 1. The van der Waals surface area contributed by atoms with Crippen LogP contribution in [-0.2, 0) is 14.4 Å². The lowest BCUT2D eigenvalue weighted by Crippen LogP contribution is -2.52. The van der Waals surface area contributed by atoms with Gasteiger partial charge in [-0.25, -0.2) is 0 Å². The Labute approximate surface area is 199 Å². The Morgan fingerprint density at radius 1 is 1.03 bits per heavy atom. The van der Waals surface area contributed by atoms with Crippen LogP contribution in [0, 0.1) is 5.92 Å². The van der Waals surface area contributed by atoms with Crippen molar-refractivity contribution in [2.75, 3.05) is 44.6 Å². The van der Waals surface area contributed by atoms with Gasteiger partial charge in [0.15, 0.2) is 0 Å². The zero-order valence-corrected chi connectivity index (χ0v) is 19.5. The van der Waals surface area contributed by atoms with E-state index in [2.05, 4.69) is 5.32 Å². The second-order valence-electron chi connectivity index (χ2n) is 8.66. The van der Waals surface area contributed by atoms with Crippen molar-refractivity contribution < 1.29 is 14.4 Å². The molecule has 0 bridgehead atoms. The van der Waals surface area contributed by atoms with E-state index in [1.807, 2.05) is 64.1 Å². The summed E-state index contributed by atoms with van der Waals surface area (Å²) in [5, 5.41) is 3.34. The first-order valence-electron chi connectivity index (χ1n) is 11.3. The molecule has 2 aliphatic rings. The van der Waals surface area contributed by atoms with Crippen LogP contribution in [0.3, 0.4) is 0 Å². The van der Waals surface area contributed by atoms with Crippen LogP contribution in [0.4, 0.5) is 5.69 Å². The van der Waals surface area contributed by atoms with Gasteiger partial charge in [0.25, 0.3) is 0 Å². The van der Waals surface area contributed by atoms with Gasteiger partial charge in [0.2, 0.25) is 17.7 Å². The Hall–Kier alpha value is -2.90. The van der Waals surface area contributed by atoms with E-state index in [1.54, 1.807) is 12.1 Å². The average Bonchev–Trinajstić information content (AvgIpc) is 3.22. The number of amides is 3. The largest absolute Gasteiger partial charge is 0.340 e. The van der Waals surface area contributed by atoms with Crippen molar-refractivity contribution in [3.63, 3.8) is 0 Å². The molecule has 2 atom stereocenters. The summed E-state index contributed by atoms with van der Waals surface area (Å²) in [6, 6.07) is 17.0. The van der Waals surface area contributed by atoms with Crippen molar-refractivity contribution in [1.82, 2.24) is 14.7 Å². The predicted octanol–water partition coefficient (Wildman–Crippen LogP) is 3.03. The summed E-state index contributed by atoms with van der Waals surface area (Å²) in [6.07, 6.45) is 0.260. The minimum Gasteiger partial charge on any atom is -0.340 e. The van der Waals surface area contributed by atoms with Gasteiger partial charge in [0.05, 0.1) is 29.2 Å². The topological polar surface area (TPSA) is 73.0 Å². The van der Waals surface area contributed by atoms with E-state index < -0.39 is 0 Å². The lowest BCUT2D eigenvalue weighted by molar-refractivity contribution is -0.137. The number of halogens is 1. The maximum absolute atomic E-state index is 13.1. The SMILES string of the molecule is C[C@H](c1ccccc1)N1C[C@@H](C(=O)N2CCN(CC(=O)Nc3ccccc3Cl)CC2)CC1=O. The summed E-state index contributed by atoms with van der Waals surface area (Å²) in [5.41, 5.74) is 1.67. The number of nitrogens with zero attached hydrogens (tertiary/aromatic N) is 3. The van der Waals surface area contributed by atoms with Crippen LogP contribution in [0.1, 0.15) is 24.9 Å². The Morgan fingerprint density at radius 3 is 2.39 bits per heavy atom. The Bertz CT molecular complexity index is 1010. The number of likely N-dealkylation sites (tertiary alicyclic amines) is 1. The van der Waals surface area contributed by atoms with Crippen molar-refractivity contribution >= 4 is 35.0 Å². The van der Waals surface area contributed by atoms with Gasteiger partial charge in [0.1, 0.15) is 0 Å². The molecule has 1 N–H and O–H groups in total. The number of rotatable bonds is 6. The van der Waals surface area contributed by atoms with E-state index in [9.17, 15) is 14.4 Å². The fraction of sp³-hybridized carbons (Fsp3) is 0.400. The normalized spacial score (nSPS) is 20.1. The Balaban J connectivity index is 1.26. The highest BCUT2D eigenvalue weighted by Gasteiger charge is 2.39. The van der Waals surface area contributed by atoms with Gasteiger partial charge in [-0.1, -0.05) is 54.1 Å². The first-order chi connectivity index (χ1) is 15.9. The zero-order valence-electron chi connectivity index (χ0n) is 18.7. The molecular weight excluding hydrogens is 440 g/mol. The van der Waals surface area contributed by atoms with E-state index in [1.165, 1.54) is 0 Å². The molecule has 2 aromatic carbocycles. The van der Waals surface area contributed by atoms with Gasteiger partial charge >= 0.3 is 0 Å². The number of benzene rings is 2. The number of anilines is 1. The van der Waals surface area contributed by atoms with Crippen LogP contribution in [-0.4, -0.2) is 71.7 Å². The fourth-order valence-corrected chi connectivity index (χ4v) is 4.71. The molecule has 0 aliphatic carbocycles. The summed E-state index contributed by atoms with van der Waals surface area (Å²) in [7, 11) is 0. The van der Waals surface area contributed by atoms with Gasteiger partial charge in [-0.05, 0) is 24.6 Å². The molecular formula is C25H29ClN4O3. The van der Waals surface area contributed by atoms with Crippen molar-refractivity contribution in [2.45, 2.75) is 19.4 Å². The van der Waals surface area contributed by atoms with Gasteiger partial charge in [-0.2, -0.15) is 0 Å². The van der Waals surface area contributed by atoms with Gasteiger partial charge in [-0.3, -0.25) is 19.3 Å². The Kier molecular flexibility index (Phi) is 7.30. The molecule has 0 saturated carbocycles. The highest BCUT2D eigenvalue weighted by atomic mass is 35.5. The van der Waals surface area contributed by atoms with Gasteiger partial charge < -0.3 is 15.1 Å². The Morgan fingerprint density at radius 2 is 1.70 bits per heavy atom. The van der Waals surface area contributed by atoms with Crippen molar-refractivity contribution in [1.29, 1.82) is 0 Å². The number of hydrogen-bond acceptors (Lipinski definition) is 4. The molecule has 7 nitrogen and oxygen atoms in total. The monoisotopic (exact) mass is 468 g/mol. The maximum Gasteiger partial charge on any atom is 0.238 e. The fourth-order valence-electron chi connectivity index (χ4n) is 4.52. The standard InChI is InChI=1S/C25H29ClN4O3/c1-18(19-7-3-2-4-8-19)30-16-20(15-24(30)32)25(33)29-13-11-28(12-14-29)17-23(31)27-22-10-6-5-9-21(22)26/h2-10,18,20H,11-17H2,1H3,(H,27,31)/t18-,20+/m1/s1. The van der Waals surface area contributed by atoms with E-state index >= 15 is 0 Å². The first kappa shape index (κ1) is 23.3. The quantitative estimate of drug-likeness (QED) is 0.707. The third-order valence-corrected chi connectivity index (χ3v) is 6.79. The summed E-state index contributed by atoms with van der Waals surface area (Å²) in [5.74, 6) is -0.376. The molecule has 2 fully saturated rings. The van der Waals surface area contributed by atoms with Crippen LogP contribution in [0.15, 0.2) is 54.6 Å². The number of hydrogen-bond donors (Lipinski definition) is 1. The maximum atomic E-state index is 13.1. The molecule has 2 heterocycles. The number of para-hydroxylation sites is 1. The molecule has 2 aromatic rings. The van der Waals surface area contributed by atoms with Gasteiger partial charge in [0, 0.05) is 39.1 Å². The second-order valence-corrected chi connectivity index (χ2v) is 9.07. The zero-order chi connectivity index (χ0) is 23.4. The highest BCUT2D eigenvalue weighted by molar-refractivity contribution is 6.33. The highest BCUT2D eigenvalue weighted by Crippen LogP contribution is 2.29. The molecule has 8 heteroatoms. The van der Waals surface area contributed by atoms with Crippen molar-refractivity contribution in [3.8, 4) is 0 Å². The van der Waals surface area contributed by atoms with Crippen LogP contribution in [0.5, 0.6) is 0 Å².